The fourth-order valence-corrected chi connectivity index (χ4v) is 1.71. The van der Waals surface area contributed by atoms with E-state index in [1.54, 1.807) is 24.3 Å². The first-order valence-corrected chi connectivity index (χ1v) is 4.49. The fourth-order valence-electron chi connectivity index (χ4n) is 1.08. The highest BCUT2D eigenvalue weighted by Crippen LogP contribution is 2.30. The zero-order valence-electron chi connectivity index (χ0n) is 6.93. The summed E-state index contributed by atoms with van der Waals surface area (Å²) in [6.07, 6.45) is 1.65. The van der Waals surface area contributed by atoms with Gasteiger partial charge in [-0.15, -0.1) is 6.58 Å². The lowest BCUT2D eigenvalue weighted by Crippen LogP contribution is -2.26. The van der Waals surface area contributed by atoms with Crippen LogP contribution in [0.2, 0.25) is 10.0 Å². The van der Waals surface area contributed by atoms with Crippen LogP contribution < -0.4 is 11.3 Å². The Bertz CT molecular complexity index is 292. The zero-order valence-corrected chi connectivity index (χ0v) is 8.44. The van der Waals surface area contributed by atoms with E-state index in [-0.39, 0.29) is 6.04 Å². The number of hydrazine groups is 1. The van der Waals surface area contributed by atoms with Gasteiger partial charge in [0.25, 0.3) is 0 Å². The minimum Gasteiger partial charge on any atom is -0.271 e. The predicted molar refractivity (Wildman–Crippen MR) is 56.7 cm³/mol. The number of hydrogen-bond donors (Lipinski definition) is 2. The fraction of sp³-hybridized carbons (Fsp3) is 0.111. The molecule has 1 aromatic carbocycles. The third-order valence-corrected chi connectivity index (χ3v) is 2.39. The number of nitrogens with two attached hydrogens (primary N) is 1. The Morgan fingerprint density at radius 1 is 1.38 bits per heavy atom. The van der Waals surface area contributed by atoms with Gasteiger partial charge in [0.2, 0.25) is 0 Å². The van der Waals surface area contributed by atoms with E-state index in [9.17, 15) is 0 Å². The summed E-state index contributed by atoms with van der Waals surface area (Å²) < 4.78 is 0. The first-order chi connectivity index (χ1) is 6.20. The lowest BCUT2D eigenvalue weighted by atomic mass is 10.1. The van der Waals surface area contributed by atoms with Crippen LogP contribution in [0.3, 0.4) is 0 Å². The molecule has 1 atom stereocenters. The smallest absolute Gasteiger partial charge is 0.0667 e. The number of hydrogen-bond acceptors (Lipinski definition) is 2. The molecular formula is C9H10Cl2N2. The lowest BCUT2D eigenvalue weighted by Gasteiger charge is -2.14. The molecule has 0 saturated heterocycles. The van der Waals surface area contributed by atoms with Crippen LogP contribution in [0.1, 0.15) is 11.6 Å². The van der Waals surface area contributed by atoms with Gasteiger partial charge in [0.15, 0.2) is 0 Å². The van der Waals surface area contributed by atoms with Crippen LogP contribution in [0.5, 0.6) is 0 Å². The van der Waals surface area contributed by atoms with Gasteiger partial charge < -0.3 is 0 Å². The van der Waals surface area contributed by atoms with E-state index in [0.29, 0.717) is 10.0 Å². The molecule has 4 heteroatoms. The molecule has 0 fully saturated rings. The maximum absolute atomic E-state index is 5.95. The normalized spacial score (nSPS) is 12.5. The second kappa shape index (κ2) is 4.63. The Hall–Kier alpha value is -0.540. The molecule has 0 heterocycles. The summed E-state index contributed by atoms with van der Waals surface area (Å²) in [5.41, 5.74) is 3.32. The highest BCUT2D eigenvalue weighted by molar-refractivity contribution is 6.36. The summed E-state index contributed by atoms with van der Waals surface area (Å²) in [7, 11) is 0. The van der Waals surface area contributed by atoms with Crippen molar-refractivity contribution in [3.63, 3.8) is 0 Å². The van der Waals surface area contributed by atoms with Crippen LogP contribution in [0, 0.1) is 0 Å². The molecule has 0 aliphatic heterocycles. The second-order valence-corrected chi connectivity index (χ2v) is 3.33. The van der Waals surface area contributed by atoms with Crippen LogP contribution in [0.4, 0.5) is 0 Å². The van der Waals surface area contributed by atoms with Gasteiger partial charge >= 0.3 is 0 Å². The third kappa shape index (κ3) is 2.23. The Balaban J connectivity index is 3.17. The highest BCUT2D eigenvalue weighted by atomic mass is 35.5. The molecule has 0 amide bonds. The number of nitrogens with one attached hydrogen (secondary N) is 1. The Morgan fingerprint density at radius 2 is 1.92 bits per heavy atom. The average Bonchev–Trinajstić information content (AvgIpc) is 2.11. The van der Waals surface area contributed by atoms with Gasteiger partial charge in [-0.2, -0.15) is 0 Å². The van der Waals surface area contributed by atoms with Gasteiger partial charge in [0.1, 0.15) is 0 Å². The van der Waals surface area contributed by atoms with Crippen molar-refractivity contribution >= 4 is 23.2 Å². The van der Waals surface area contributed by atoms with Crippen LogP contribution >= 0.6 is 23.2 Å². The summed E-state index contributed by atoms with van der Waals surface area (Å²) in [5.74, 6) is 5.31. The van der Waals surface area contributed by atoms with Crippen molar-refractivity contribution < 1.29 is 0 Å². The van der Waals surface area contributed by atoms with Gasteiger partial charge in [-0.3, -0.25) is 5.84 Å². The Morgan fingerprint density at radius 3 is 2.31 bits per heavy atom. The monoisotopic (exact) mass is 216 g/mol. The molecule has 1 unspecified atom stereocenters. The molecule has 0 aliphatic carbocycles. The molecule has 70 valence electrons. The Kier molecular flexibility index (Phi) is 3.75. The summed E-state index contributed by atoms with van der Waals surface area (Å²) in [4.78, 5) is 0. The summed E-state index contributed by atoms with van der Waals surface area (Å²) >= 11 is 11.9. The second-order valence-electron chi connectivity index (χ2n) is 2.52. The van der Waals surface area contributed by atoms with Gasteiger partial charge in [-0.25, -0.2) is 5.43 Å². The van der Waals surface area contributed by atoms with Crippen LogP contribution in [0.15, 0.2) is 30.9 Å². The highest BCUT2D eigenvalue weighted by Gasteiger charge is 2.12. The van der Waals surface area contributed by atoms with Crippen molar-refractivity contribution in [2.24, 2.45) is 5.84 Å². The first-order valence-electron chi connectivity index (χ1n) is 3.73. The molecule has 1 rings (SSSR count). The standard InChI is InChI=1S/C9H10Cl2N2/c1-2-8(13-12)9-6(10)4-3-5-7(9)11/h2-5,8,13H,1,12H2. The quantitative estimate of drug-likeness (QED) is 0.464. The van der Waals surface area contributed by atoms with Gasteiger partial charge in [-0.1, -0.05) is 35.3 Å². The largest absolute Gasteiger partial charge is 0.271 e. The average molecular weight is 217 g/mol. The van der Waals surface area contributed by atoms with E-state index >= 15 is 0 Å². The van der Waals surface area contributed by atoms with Gasteiger partial charge in [0, 0.05) is 15.6 Å². The van der Waals surface area contributed by atoms with E-state index < -0.39 is 0 Å². The number of rotatable bonds is 3. The topological polar surface area (TPSA) is 38.0 Å². The molecular weight excluding hydrogens is 207 g/mol. The first kappa shape index (κ1) is 10.5. The molecule has 13 heavy (non-hydrogen) atoms. The van der Waals surface area contributed by atoms with Crippen LogP contribution in [-0.2, 0) is 0 Å². The molecule has 2 nitrogen and oxygen atoms in total. The van der Waals surface area contributed by atoms with Crippen molar-refractivity contribution in [2.75, 3.05) is 0 Å². The maximum atomic E-state index is 5.95. The van der Waals surface area contributed by atoms with E-state index in [4.69, 9.17) is 29.0 Å². The molecule has 1 aromatic rings. The SMILES string of the molecule is C=CC(NN)c1c(Cl)cccc1Cl. The van der Waals surface area contributed by atoms with E-state index in [1.165, 1.54) is 0 Å². The minimum atomic E-state index is -0.221. The van der Waals surface area contributed by atoms with E-state index in [1.807, 2.05) is 0 Å². The van der Waals surface area contributed by atoms with Crippen molar-refractivity contribution in [3.8, 4) is 0 Å². The lowest BCUT2D eigenvalue weighted by molar-refractivity contribution is 0.657. The van der Waals surface area contributed by atoms with Gasteiger partial charge in [-0.05, 0) is 12.1 Å². The predicted octanol–water partition coefficient (Wildman–Crippen LogP) is 2.68. The Labute approximate surface area is 87.3 Å². The number of benzene rings is 1. The number of halogens is 2. The summed E-state index contributed by atoms with van der Waals surface area (Å²) in [5, 5.41) is 1.16. The molecule has 0 spiro atoms. The molecule has 0 aromatic heterocycles. The van der Waals surface area contributed by atoms with E-state index in [2.05, 4.69) is 12.0 Å². The molecule has 3 N–H and O–H groups in total. The molecule has 0 saturated carbocycles. The van der Waals surface area contributed by atoms with Crippen molar-refractivity contribution in [2.45, 2.75) is 6.04 Å². The van der Waals surface area contributed by atoms with Crippen LogP contribution in [-0.4, -0.2) is 0 Å². The van der Waals surface area contributed by atoms with Crippen molar-refractivity contribution in [1.82, 2.24) is 5.43 Å². The minimum absolute atomic E-state index is 0.221. The third-order valence-electron chi connectivity index (χ3n) is 1.73. The van der Waals surface area contributed by atoms with E-state index in [0.717, 1.165) is 5.56 Å². The maximum Gasteiger partial charge on any atom is 0.0667 e. The molecule has 0 radical (unpaired) electrons. The molecule has 0 bridgehead atoms. The van der Waals surface area contributed by atoms with Crippen molar-refractivity contribution in [1.29, 1.82) is 0 Å². The van der Waals surface area contributed by atoms with Crippen molar-refractivity contribution in [3.05, 3.63) is 46.5 Å². The van der Waals surface area contributed by atoms with Crippen LogP contribution in [0.25, 0.3) is 0 Å². The van der Waals surface area contributed by atoms with Gasteiger partial charge in [0.05, 0.1) is 6.04 Å². The summed E-state index contributed by atoms with van der Waals surface area (Å²) in [6.45, 7) is 3.63. The molecule has 0 aliphatic rings. The zero-order chi connectivity index (χ0) is 9.84. The summed E-state index contributed by atoms with van der Waals surface area (Å²) in [6, 6.07) is 5.08.